The fourth-order valence-corrected chi connectivity index (χ4v) is 4.11. The van der Waals surface area contributed by atoms with Crippen molar-refractivity contribution >= 4 is 35.0 Å². The Morgan fingerprint density at radius 3 is 2.25 bits per heavy atom. The predicted molar refractivity (Wildman–Crippen MR) is 138 cm³/mol. The standard InChI is InChI=1S/C27H27Cl2FN2O4/c1-17(27(34)31-15-20-7-8-21(28)14-23(20)29)32(16-18-4-9-22(30)10-5-18)26(33)13-19-6-11-24(35-2)25(12-19)36-3/h4-12,14,17H,13,15-16H2,1-3H3,(H,31,34)/t17-/m0/s1. The number of carbonyl (C=O) groups is 2. The van der Waals surface area contributed by atoms with Crippen LogP contribution < -0.4 is 14.8 Å². The third-order valence-electron chi connectivity index (χ3n) is 5.70. The highest BCUT2D eigenvalue weighted by Crippen LogP contribution is 2.28. The first-order valence-corrected chi connectivity index (χ1v) is 11.9. The molecule has 0 heterocycles. The molecule has 0 radical (unpaired) electrons. The summed E-state index contributed by atoms with van der Waals surface area (Å²) in [6, 6.07) is 15.2. The summed E-state index contributed by atoms with van der Waals surface area (Å²) >= 11 is 12.2. The Hall–Kier alpha value is -3.29. The number of amides is 2. The second-order valence-electron chi connectivity index (χ2n) is 8.14. The third-order valence-corrected chi connectivity index (χ3v) is 6.29. The summed E-state index contributed by atoms with van der Waals surface area (Å²) in [6.45, 7) is 1.95. The smallest absolute Gasteiger partial charge is 0.242 e. The van der Waals surface area contributed by atoms with Crippen molar-refractivity contribution in [2.75, 3.05) is 14.2 Å². The van der Waals surface area contributed by atoms with Gasteiger partial charge in [-0.05, 0) is 60.0 Å². The third kappa shape index (κ3) is 7.12. The molecule has 1 N–H and O–H groups in total. The quantitative estimate of drug-likeness (QED) is 0.378. The maximum Gasteiger partial charge on any atom is 0.242 e. The van der Waals surface area contributed by atoms with Gasteiger partial charge in [0.2, 0.25) is 11.8 Å². The largest absolute Gasteiger partial charge is 0.493 e. The molecular weight excluding hydrogens is 506 g/mol. The van der Waals surface area contributed by atoms with E-state index in [-0.39, 0.29) is 37.1 Å². The van der Waals surface area contributed by atoms with Gasteiger partial charge in [0.05, 0.1) is 20.6 Å². The van der Waals surface area contributed by atoms with Crippen LogP contribution in [0.4, 0.5) is 4.39 Å². The van der Waals surface area contributed by atoms with E-state index in [0.29, 0.717) is 38.2 Å². The lowest BCUT2D eigenvalue weighted by atomic mass is 10.1. The van der Waals surface area contributed by atoms with Gasteiger partial charge in [0.15, 0.2) is 11.5 Å². The number of nitrogens with zero attached hydrogens (tertiary/aromatic N) is 1. The molecule has 190 valence electrons. The van der Waals surface area contributed by atoms with Crippen LogP contribution in [0.15, 0.2) is 60.7 Å². The average molecular weight is 533 g/mol. The van der Waals surface area contributed by atoms with Gasteiger partial charge in [0.25, 0.3) is 0 Å². The number of hydrogen-bond donors (Lipinski definition) is 1. The van der Waals surface area contributed by atoms with Crippen molar-refractivity contribution in [2.45, 2.75) is 32.5 Å². The number of halogens is 3. The highest BCUT2D eigenvalue weighted by Gasteiger charge is 2.26. The molecule has 0 unspecified atom stereocenters. The van der Waals surface area contributed by atoms with Crippen molar-refractivity contribution in [1.29, 1.82) is 0 Å². The molecule has 3 aromatic carbocycles. The van der Waals surface area contributed by atoms with Gasteiger partial charge >= 0.3 is 0 Å². The fraction of sp³-hybridized carbons (Fsp3) is 0.259. The average Bonchev–Trinajstić information content (AvgIpc) is 2.87. The van der Waals surface area contributed by atoms with Crippen LogP contribution in [-0.2, 0) is 29.1 Å². The molecule has 2 amide bonds. The number of ether oxygens (including phenoxy) is 2. The molecule has 36 heavy (non-hydrogen) atoms. The Balaban J connectivity index is 1.79. The summed E-state index contributed by atoms with van der Waals surface area (Å²) in [4.78, 5) is 27.9. The molecule has 1 atom stereocenters. The van der Waals surface area contributed by atoms with E-state index < -0.39 is 6.04 Å². The SMILES string of the molecule is COc1ccc(CC(=O)N(Cc2ccc(F)cc2)[C@@H](C)C(=O)NCc2ccc(Cl)cc2Cl)cc1OC. The minimum absolute atomic E-state index is 0.0299. The topological polar surface area (TPSA) is 67.9 Å². The van der Waals surface area contributed by atoms with Crippen molar-refractivity contribution in [3.63, 3.8) is 0 Å². The zero-order valence-corrected chi connectivity index (χ0v) is 21.7. The van der Waals surface area contributed by atoms with Crippen molar-refractivity contribution < 1.29 is 23.5 Å². The normalized spacial score (nSPS) is 11.5. The Labute approximate surface area is 219 Å². The number of methoxy groups -OCH3 is 2. The lowest BCUT2D eigenvalue weighted by molar-refractivity contribution is -0.140. The van der Waals surface area contributed by atoms with Gasteiger partial charge in [-0.2, -0.15) is 0 Å². The Kier molecular flexibility index (Phi) is 9.56. The van der Waals surface area contributed by atoms with E-state index in [4.69, 9.17) is 32.7 Å². The molecule has 6 nitrogen and oxygen atoms in total. The molecular formula is C27H27Cl2FN2O4. The first-order chi connectivity index (χ1) is 17.2. The van der Waals surface area contributed by atoms with E-state index in [9.17, 15) is 14.0 Å². The first kappa shape index (κ1) is 27.3. The number of hydrogen-bond acceptors (Lipinski definition) is 4. The van der Waals surface area contributed by atoms with Gasteiger partial charge in [0.1, 0.15) is 11.9 Å². The van der Waals surface area contributed by atoms with E-state index in [1.165, 1.54) is 31.3 Å². The summed E-state index contributed by atoms with van der Waals surface area (Å²) in [5.74, 6) is 0.0269. The molecule has 0 saturated heterocycles. The summed E-state index contributed by atoms with van der Waals surface area (Å²) in [5, 5.41) is 3.76. The minimum atomic E-state index is -0.811. The molecule has 0 aliphatic heterocycles. The monoisotopic (exact) mass is 532 g/mol. The van der Waals surface area contributed by atoms with Crippen LogP contribution in [0.5, 0.6) is 11.5 Å². The lowest BCUT2D eigenvalue weighted by Gasteiger charge is -2.29. The van der Waals surface area contributed by atoms with Crippen LogP contribution in [-0.4, -0.2) is 37.0 Å². The second-order valence-corrected chi connectivity index (χ2v) is 8.99. The van der Waals surface area contributed by atoms with E-state index >= 15 is 0 Å². The zero-order valence-electron chi connectivity index (χ0n) is 20.2. The van der Waals surface area contributed by atoms with Crippen LogP contribution in [0.2, 0.25) is 10.0 Å². The molecule has 3 aromatic rings. The minimum Gasteiger partial charge on any atom is -0.493 e. The van der Waals surface area contributed by atoms with Crippen molar-refractivity contribution in [3.8, 4) is 11.5 Å². The van der Waals surface area contributed by atoms with E-state index in [1.54, 1.807) is 55.5 Å². The Morgan fingerprint density at radius 1 is 0.944 bits per heavy atom. The summed E-state index contributed by atoms with van der Waals surface area (Å²) < 4.78 is 24.0. The Morgan fingerprint density at radius 2 is 1.61 bits per heavy atom. The predicted octanol–water partition coefficient (Wildman–Crippen LogP) is 5.43. The number of nitrogens with one attached hydrogen (secondary N) is 1. The first-order valence-electron chi connectivity index (χ1n) is 11.2. The maximum atomic E-state index is 13.4. The molecule has 0 saturated carbocycles. The van der Waals surface area contributed by atoms with Gasteiger partial charge in [0, 0.05) is 23.1 Å². The fourth-order valence-electron chi connectivity index (χ4n) is 3.63. The maximum absolute atomic E-state index is 13.4. The molecule has 3 rings (SSSR count). The highest BCUT2D eigenvalue weighted by atomic mass is 35.5. The summed E-state index contributed by atoms with van der Waals surface area (Å²) in [5.41, 5.74) is 2.09. The highest BCUT2D eigenvalue weighted by molar-refractivity contribution is 6.35. The van der Waals surface area contributed by atoms with E-state index in [1.807, 2.05) is 0 Å². The van der Waals surface area contributed by atoms with Gasteiger partial charge in [-0.25, -0.2) is 4.39 Å². The number of carbonyl (C=O) groups excluding carboxylic acids is 2. The molecule has 9 heteroatoms. The Bertz CT molecular complexity index is 1220. The van der Waals surface area contributed by atoms with Crippen molar-refractivity contribution in [3.05, 3.63) is 93.2 Å². The molecule has 0 aromatic heterocycles. The van der Waals surface area contributed by atoms with Crippen LogP contribution in [0.3, 0.4) is 0 Å². The molecule has 0 spiro atoms. The number of benzene rings is 3. The summed E-state index contributed by atoms with van der Waals surface area (Å²) in [6.07, 6.45) is 0.0299. The van der Waals surface area contributed by atoms with Gasteiger partial charge < -0.3 is 19.7 Å². The van der Waals surface area contributed by atoms with Crippen LogP contribution in [0.25, 0.3) is 0 Å². The van der Waals surface area contributed by atoms with Crippen LogP contribution in [0.1, 0.15) is 23.6 Å². The molecule has 0 bridgehead atoms. The number of rotatable bonds is 10. The lowest BCUT2D eigenvalue weighted by Crippen LogP contribution is -2.48. The second kappa shape index (κ2) is 12.6. The van der Waals surface area contributed by atoms with Gasteiger partial charge in [-0.15, -0.1) is 0 Å². The summed E-state index contributed by atoms with van der Waals surface area (Å²) in [7, 11) is 3.05. The van der Waals surface area contributed by atoms with Crippen LogP contribution >= 0.6 is 23.2 Å². The molecule has 0 aliphatic carbocycles. The zero-order chi connectivity index (χ0) is 26.2. The van der Waals surface area contributed by atoms with Gasteiger partial charge in [-0.1, -0.05) is 47.5 Å². The van der Waals surface area contributed by atoms with Gasteiger partial charge in [-0.3, -0.25) is 9.59 Å². The van der Waals surface area contributed by atoms with E-state index in [0.717, 1.165) is 0 Å². The molecule has 0 fully saturated rings. The van der Waals surface area contributed by atoms with Crippen molar-refractivity contribution in [1.82, 2.24) is 10.2 Å². The van der Waals surface area contributed by atoms with Crippen LogP contribution in [0, 0.1) is 5.82 Å². The molecule has 0 aliphatic rings. The van der Waals surface area contributed by atoms with Crippen molar-refractivity contribution in [2.24, 2.45) is 0 Å². The van der Waals surface area contributed by atoms with E-state index in [2.05, 4.69) is 5.32 Å².